The second kappa shape index (κ2) is 4.98. The predicted molar refractivity (Wildman–Crippen MR) is 73.8 cm³/mol. The third-order valence-corrected chi connectivity index (χ3v) is 4.70. The van der Waals surface area contributed by atoms with E-state index in [0.29, 0.717) is 6.54 Å². The zero-order valence-electron chi connectivity index (χ0n) is 10.9. The van der Waals surface area contributed by atoms with Gasteiger partial charge in [-0.1, -0.05) is 0 Å². The van der Waals surface area contributed by atoms with Crippen molar-refractivity contribution >= 4 is 17.2 Å². The third-order valence-electron chi connectivity index (χ3n) is 3.70. The molecule has 104 valence electrons. The van der Waals surface area contributed by atoms with Crippen LogP contribution in [0.25, 0.3) is 0 Å². The van der Waals surface area contributed by atoms with Crippen LogP contribution in [0.4, 0.5) is 8.78 Å². The molecule has 1 atom stereocenters. The maximum absolute atomic E-state index is 13.2. The van der Waals surface area contributed by atoms with Crippen LogP contribution in [0.15, 0.2) is 29.6 Å². The summed E-state index contributed by atoms with van der Waals surface area (Å²) in [6.07, 6.45) is 0.812. The Labute approximate surface area is 119 Å². The average Bonchev–Trinajstić information content (AvgIpc) is 2.91. The number of halogens is 2. The van der Waals surface area contributed by atoms with Crippen molar-refractivity contribution in [3.05, 3.63) is 57.3 Å². The minimum Gasteiger partial charge on any atom is -0.331 e. The number of thiophene rings is 1. The van der Waals surface area contributed by atoms with Crippen LogP contribution < -0.4 is 0 Å². The number of hydrogen-bond acceptors (Lipinski definition) is 2. The van der Waals surface area contributed by atoms with Crippen LogP contribution >= 0.6 is 11.3 Å². The summed E-state index contributed by atoms with van der Waals surface area (Å²) in [6.45, 7) is 2.56. The molecule has 1 amide bonds. The fourth-order valence-corrected chi connectivity index (χ4v) is 3.54. The average molecular weight is 293 g/mol. The number of rotatable bonds is 1. The molecule has 3 rings (SSSR count). The van der Waals surface area contributed by atoms with E-state index in [1.165, 1.54) is 10.9 Å². The SMILES string of the molecule is C[C@@H]1c2ccsc2CCN1C(=O)c1ccc(F)c(F)c1. The van der Waals surface area contributed by atoms with Gasteiger partial charge >= 0.3 is 0 Å². The maximum Gasteiger partial charge on any atom is 0.254 e. The molecule has 0 aliphatic carbocycles. The van der Waals surface area contributed by atoms with Crippen LogP contribution in [0.5, 0.6) is 0 Å². The Balaban J connectivity index is 1.90. The summed E-state index contributed by atoms with van der Waals surface area (Å²) in [4.78, 5) is 15.5. The molecule has 1 aliphatic heterocycles. The van der Waals surface area contributed by atoms with Gasteiger partial charge in [0.25, 0.3) is 5.91 Å². The van der Waals surface area contributed by atoms with Crippen LogP contribution in [0.3, 0.4) is 0 Å². The topological polar surface area (TPSA) is 20.3 Å². The fraction of sp³-hybridized carbons (Fsp3) is 0.267. The van der Waals surface area contributed by atoms with Gasteiger partial charge in [-0.15, -0.1) is 11.3 Å². The predicted octanol–water partition coefficient (Wildman–Crippen LogP) is 3.79. The summed E-state index contributed by atoms with van der Waals surface area (Å²) in [5, 5.41) is 2.02. The van der Waals surface area contributed by atoms with E-state index in [9.17, 15) is 13.6 Å². The monoisotopic (exact) mass is 293 g/mol. The molecule has 1 aromatic carbocycles. The summed E-state index contributed by atoms with van der Waals surface area (Å²) < 4.78 is 26.2. The number of hydrogen-bond donors (Lipinski definition) is 0. The van der Waals surface area contributed by atoms with Gasteiger partial charge in [0.15, 0.2) is 11.6 Å². The fourth-order valence-electron chi connectivity index (χ4n) is 2.58. The van der Waals surface area contributed by atoms with Crippen molar-refractivity contribution in [2.45, 2.75) is 19.4 Å². The molecule has 1 aromatic heterocycles. The lowest BCUT2D eigenvalue weighted by atomic mass is 10.0. The second-order valence-electron chi connectivity index (χ2n) is 4.85. The molecule has 0 N–H and O–H groups in total. The van der Waals surface area contributed by atoms with Gasteiger partial charge in [0, 0.05) is 17.0 Å². The van der Waals surface area contributed by atoms with Crippen molar-refractivity contribution in [1.82, 2.24) is 4.90 Å². The minimum atomic E-state index is -0.989. The molecular formula is C15H13F2NOS. The summed E-state index contributed by atoms with van der Waals surface area (Å²) in [5.74, 6) is -2.18. The smallest absolute Gasteiger partial charge is 0.254 e. The molecule has 0 fully saturated rings. The van der Waals surface area contributed by atoms with Crippen LogP contribution in [-0.2, 0) is 6.42 Å². The molecule has 0 spiro atoms. The molecule has 2 aromatic rings. The second-order valence-corrected chi connectivity index (χ2v) is 5.85. The molecule has 1 aliphatic rings. The lowest BCUT2D eigenvalue weighted by Crippen LogP contribution is -2.38. The largest absolute Gasteiger partial charge is 0.331 e. The van der Waals surface area contributed by atoms with Crippen molar-refractivity contribution in [3.8, 4) is 0 Å². The number of carbonyl (C=O) groups excluding carboxylic acids is 1. The first kappa shape index (κ1) is 13.2. The Kier molecular flexibility index (Phi) is 3.30. The molecule has 0 bridgehead atoms. The standard InChI is InChI=1S/C15H13F2NOS/c1-9-11-5-7-20-14(11)4-6-18(9)15(19)10-2-3-12(16)13(17)8-10/h2-3,5,7-9H,4,6H2,1H3/t9-/m1/s1. The maximum atomic E-state index is 13.2. The summed E-state index contributed by atoms with van der Waals surface area (Å²) in [5.41, 5.74) is 1.34. The van der Waals surface area contributed by atoms with E-state index in [-0.39, 0.29) is 17.5 Å². The van der Waals surface area contributed by atoms with E-state index in [4.69, 9.17) is 0 Å². The molecule has 2 heterocycles. The Bertz CT molecular complexity index is 668. The quantitative estimate of drug-likeness (QED) is 0.783. The minimum absolute atomic E-state index is 0.0365. The molecule has 20 heavy (non-hydrogen) atoms. The van der Waals surface area contributed by atoms with Gasteiger partial charge < -0.3 is 4.90 Å². The first-order valence-corrected chi connectivity index (χ1v) is 7.28. The highest BCUT2D eigenvalue weighted by Crippen LogP contribution is 2.33. The summed E-state index contributed by atoms with van der Waals surface area (Å²) in [7, 11) is 0. The van der Waals surface area contributed by atoms with Gasteiger partial charge in [0.1, 0.15) is 0 Å². The Morgan fingerprint density at radius 3 is 2.85 bits per heavy atom. The highest BCUT2D eigenvalue weighted by atomic mass is 32.1. The van der Waals surface area contributed by atoms with E-state index in [2.05, 4.69) is 0 Å². The van der Waals surface area contributed by atoms with E-state index in [1.54, 1.807) is 16.2 Å². The molecule has 0 unspecified atom stereocenters. The van der Waals surface area contributed by atoms with Crippen molar-refractivity contribution < 1.29 is 13.6 Å². The molecule has 0 saturated heterocycles. The molecule has 0 saturated carbocycles. The van der Waals surface area contributed by atoms with Crippen molar-refractivity contribution in [2.24, 2.45) is 0 Å². The molecular weight excluding hydrogens is 280 g/mol. The zero-order chi connectivity index (χ0) is 14.3. The third kappa shape index (κ3) is 2.12. The number of amides is 1. The van der Waals surface area contributed by atoms with Gasteiger partial charge in [0.2, 0.25) is 0 Å². The van der Waals surface area contributed by atoms with Crippen LogP contribution in [-0.4, -0.2) is 17.4 Å². The number of benzene rings is 1. The van der Waals surface area contributed by atoms with Gasteiger partial charge in [-0.05, 0) is 48.6 Å². The summed E-state index contributed by atoms with van der Waals surface area (Å²) in [6, 6.07) is 5.28. The van der Waals surface area contributed by atoms with E-state index < -0.39 is 11.6 Å². The van der Waals surface area contributed by atoms with E-state index >= 15 is 0 Å². The number of fused-ring (bicyclic) bond motifs is 1. The molecule has 2 nitrogen and oxygen atoms in total. The number of carbonyl (C=O) groups is 1. The van der Waals surface area contributed by atoms with Gasteiger partial charge in [-0.2, -0.15) is 0 Å². The van der Waals surface area contributed by atoms with Crippen LogP contribution in [0, 0.1) is 11.6 Å². The van der Waals surface area contributed by atoms with Crippen molar-refractivity contribution in [2.75, 3.05) is 6.54 Å². The van der Waals surface area contributed by atoms with Crippen molar-refractivity contribution in [1.29, 1.82) is 0 Å². The number of nitrogens with zero attached hydrogens (tertiary/aromatic N) is 1. The summed E-state index contributed by atoms with van der Waals surface area (Å²) >= 11 is 1.70. The first-order valence-electron chi connectivity index (χ1n) is 6.40. The lowest BCUT2D eigenvalue weighted by Gasteiger charge is -2.33. The highest BCUT2D eigenvalue weighted by molar-refractivity contribution is 7.10. The van der Waals surface area contributed by atoms with Crippen LogP contribution in [0.2, 0.25) is 0 Å². The molecule has 0 radical (unpaired) electrons. The lowest BCUT2D eigenvalue weighted by molar-refractivity contribution is 0.0679. The van der Waals surface area contributed by atoms with Crippen LogP contribution in [0.1, 0.15) is 33.8 Å². The Morgan fingerprint density at radius 1 is 1.30 bits per heavy atom. The Hall–Kier alpha value is -1.75. The Morgan fingerprint density at radius 2 is 2.10 bits per heavy atom. The van der Waals surface area contributed by atoms with Gasteiger partial charge in [-0.25, -0.2) is 8.78 Å². The normalized spacial score (nSPS) is 17.9. The van der Waals surface area contributed by atoms with E-state index in [0.717, 1.165) is 24.1 Å². The molecule has 5 heteroatoms. The van der Waals surface area contributed by atoms with Gasteiger partial charge in [-0.3, -0.25) is 4.79 Å². The van der Waals surface area contributed by atoms with Crippen molar-refractivity contribution in [3.63, 3.8) is 0 Å². The zero-order valence-corrected chi connectivity index (χ0v) is 11.7. The highest BCUT2D eigenvalue weighted by Gasteiger charge is 2.29. The van der Waals surface area contributed by atoms with E-state index in [1.807, 2.05) is 18.4 Å². The first-order chi connectivity index (χ1) is 9.58. The van der Waals surface area contributed by atoms with Gasteiger partial charge in [0.05, 0.1) is 6.04 Å².